The van der Waals surface area contributed by atoms with Crippen LogP contribution in [0.5, 0.6) is 0 Å². The summed E-state index contributed by atoms with van der Waals surface area (Å²) in [5.74, 6) is 0.953. The number of hydrogen-bond acceptors (Lipinski definition) is 1. The molecular weight excluding hydrogens is 303 g/mol. The van der Waals surface area contributed by atoms with E-state index in [0.717, 1.165) is 12.4 Å². The number of aliphatic hydroxyl groups is 1. The van der Waals surface area contributed by atoms with Gasteiger partial charge in [-0.05, 0) is 19.1 Å². The van der Waals surface area contributed by atoms with Gasteiger partial charge in [-0.3, -0.25) is 0 Å². The highest BCUT2D eigenvalue weighted by atomic mass is 127. The van der Waals surface area contributed by atoms with Crippen molar-refractivity contribution < 1.29 is 33.7 Å². The maximum atomic E-state index is 9.29. The van der Waals surface area contributed by atoms with E-state index < -0.39 is 0 Å². The number of aryl methyl sites for hydroxylation is 2. The smallest absolute Gasteiger partial charge is 0.283 e. The molecule has 82 valence electrons. The second kappa shape index (κ2) is 4.94. The number of nitrogens with zero attached hydrogens (tertiary/aromatic N) is 2. The molecule has 0 unspecified atom stereocenters. The Labute approximate surface area is 106 Å². The molecular formula is C11H15IN2O. The number of imidazole rings is 1. The first-order valence-electron chi connectivity index (χ1n) is 4.86. The number of aromatic nitrogens is 2. The molecule has 1 aromatic heterocycles. The van der Waals surface area contributed by atoms with Gasteiger partial charge in [0.25, 0.3) is 5.82 Å². The van der Waals surface area contributed by atoms with Crippen LogP contribution < -0.4 is 28.5 Å². The number of rotatable bonds is 2. The largest absolute Gasteiger partial charge is 1.00 e. The first kappa shape index (κ1) is 12.4. The Hall–Kier alpha value is -0.620. The van der Waals surface area contributed by atoms with Crippen molar-refractivity contribution in [2.75, 3.05) is 0 Å². The maximum absolute atomic E-state index is 9.29. The molecule has 0 fully saturated rings. The molecule has 0 aliphatic carbocycles. The van der Waals surface area contributed by atoms with Crippen LogP contribution in [0, 0.1) is 0 Å². The van der Waals surface area contributed by atoms with E-state index in [2.05, 4.69) is 23.6 Å². The highest BCUT2D eigenvalue weighted by Gasteiger charge is 2.19. The standard InChI is InChI=1S/C11H15N2O.HI/c1-3-13-10-7-5-4-6-9(10)12(2)11(13)8-14;/h4-7,14H,3,8H2,1-2H3;1H/q+1;/p-1. The number of hydrogen-bond donors (Lipinski definition) is 1. The highest BCUT2D eigenvalue weighted by molar-refractivity contribution is 5.72. The Morgan fingerprint density at radius 3 is 2.60 bits per heavy atom. The van der Waals surface area contributed by atoms with Crippen LogP contribution in [0.3, 0.4) is 0 Å². The van der Waals surface area contributed by atoms with Gasteiger partial charge >= 0.3 is 0 Å². The Kier molecular flexibility index (Phi) is 4.10. The van der Waals surface area contributed by atoms with E-state index in [1.165, 1.54) is 11.0 Å². The Morgan fingerprint density at radius 1 is 1.33 bits per heavy atom. The Morgan fingerprint density at radius 2 is 2.00 bits per heavy atom. The van der Waals surface area contributed by atoms with Gasteiger partial charge in [0, 0.05) is 0 Å². The first-order chi connectivity index (χ1) is 6.79. The second-order valence-corrected chi connectivity index (χ2v) is 3.37. The molecule has 2 rings (SSSR count). The molecule has 2 aromatic rings. The Balaban J connectivity index is 0.00000112. The van der Waals surface area contributed by atoms with Gasteiger partial charge in [0.1, 0.15) is 6.61 Å². The van der Waals surface area contributed by atoms with Crippen LogP contribution in [0.25, 0.3) is 11.0 Å². The van der Waals surface area contributed by atoms with Gasteiger partial charge in [0.15, 0.2) is 11.0 Å². The summed E-state index contributed by atoms with van der Waals surface area (Å²) in [4.78, 5) is 0. The van der Waals surface area contributed by atoms with Crippen LogP contribution in [0.2, 0.25) is 0 Å². The van der Waals surface area contributed by atoms with Crippen molar-refractivity contribution in [1.82, 2.24) is 4.57 Å². The lowest BCUT2D eigenvalue weighted by Crippen LogP contribution is -3.00. The molecule has 0 saturated heterocycles. The third kappa shape index (κ3) is 1.88. The first-order valence-corrected chi connectivity index (χ1v) is 4.86. The molecule has 0 aliphatic rings. The number of fused-ring (bicyclic) bond motifs is 1. The fourth-order valence-corrected chi connectivity index (χ4v) is 1.98. The third-order valence-electron chi connectivity index (χ3n) is 2.69. The number of benzene rings is 1. The van der Waals surface area contributed by atoms with Crippen LogP contribution in [0.4, 0.5) is 0 Å². The second-order valence-electron chi connectivity index (χ2n) is 3.37. The summed E-state index contributed by atoms with van der Waals surface area (Å²) in [6.45, 7) is 3.06. The summed E-state index contributed by atoms with van der Waals surface area (Å²) >= 11 is 0. The van der Waals surface area contributed by atoms with E-state index in [1.54, 1.807) is 0 Å². The average molecular weight is 318 g/mol. The molecule has 3 nitrogen and oxygen atoms in total. The molecule has 4 heteroatoms. The molecule has 0 saturated carbocycles. The van der Waals surface area contributed by atoms with Crippen molar-refractivity contribution >= 4 is 11.0 Å². The van der Waals surface area contributed by atoms with Crippen LogP contribution in [-0.4, -0.2) is 9.67 Å². The molecule has 0 atom stereocenters. The normalized spacial score (nSPS) is 10.3. The van der Waals surface area contributed by atoms with Crippen molar-refractivity contribution in [1.29, 1.82) is 0 Å². The van der Waals surface area contributed by atoms with Crippen molar-refractivity contribution in [2.45, 2.75) is 20.1 Å². The minimum Gasteiger partial charge on any atom is -1.00 e. The minimum absolute atomic E-state index is 0. The van der Waals surface area contributed by atoms with Gasteiger partial charge in [-0.1, -0.05) is 12.1 Å². The SMILES string of the molecule is CCn1c(CO)[n+](C)c2ccccc21.[I-]. The zero-order valence-corrected chi connectivity index (χ0v) is 11.1. The fraction of sp³-hybridized carbons (Fsp3) is 0.364. The minimum atomic E-state index is 0. The molecule has 1 aromatic carbocycles. The van der Waals surface area contributed by atoms with E-state index in [9.17, 15) is 5.11 Å². The van der Waals surface area contributed by atoms with E-state index in [1.807, 2.05) is 23.7 Å². The Bertz CT molecular complexity index is 465. The molecule has 0 amide bonds. The van der Waals surface area contributed by atoms with Crippen molar-refractivity contribution in [3.05, 3.63) is 30.1 Å². The topological polar surface area (TPSA) is 29.0 Å². The lowest BCUT2D eigenvalue weighted by Gasteiger charge is -1.95. The van der Waals surface area contributed by atoms with E-state index in [0.29, 0.717) is 0 Å². The maximum Gasteiger partial charge on any atom is 0.283 e. The molecule has 1 heterocycles. The van der Waals surface area contributed by atoms with Crippen LogP contribution in [-0.2, 0) is 20.2 Å². The van der Waals surface area contributed by atoms with Gasteiger partial charge in [0.05, 0.1) is 13.6 Å². The van der Waals surface area contributed by atoms with Crippen molar-refractivity contribution in [3.8, 4) is 0 Å². The summed E-state index contributed by atoms with van der Waals surface area (Å²) in [5, 5.41) is 9.29. The monoisotopic (exact) mass is 318 g/mol. The predicted molar refractivity (Wildman–Crippen MR) is 54.7 cm³/mol. The van der Waals surface area contributed by atoms with Crippen LogP contribution in [0.15, 0.2) is 24.3 Å². The average Bonchev–Trinajstić information content (AvgIpc) is 2.51. The van der Waals surface area contributed by atoms with Crippen LogP contribution >= 0.6 is 0 Å². The lowest BCUT2D eigenvalue weighted by atomic mass is 10.3. The molecule has 15 heavy (non-hydrogen) atoms. The lowest BCUT2D eigenvalue weighted by molar-refractivity contribution is -0.656. The van der Waals surface area contributed by atoms with Crippen LogP contribution in [0.1, 0.15) is 12.7 Å². The van der Waals surface area contributed by atoms with Gasteiger partial charge in [-0.15, -0.1) is 0 Å². The fourth-order valence-electron chi connectivity index (χ4n) is 1.98. The third-order valence-corrected chi connectivity index (χ3v) is 2.69. The summed E-state index contributed by atoms with van der Waals surface area (Å²) in [5.41, 5.74) is 2.35. The van der Waals surface area contributed by atoms with Gasteiger partial charge in [0.2, 0.25) is 0 Å². The molecule has 1 N–H and O–H groups in total. The molecule has 0 aliphatic heterocycles. The number of para-hydroxylation sites is 2. The van der Waals surface area contributed by atoms with Gasteiger partial charge in [-0.25, -0.2) is 9.13 Å². The number of aliphatic hydroxyl groups excluding tert-OH is 1. The molecule has 0 spiro atoms. The van der Waals surface area contributed by atoms with E-state index in [4.69, 9.17) is 0 Å². The quantitative estimate of drug-likeness (QED) is 0.503. The number of halogens is 1. The van der Waals surface area contributed by atoms with Crippen molar-refractivity contribution in [3.63, 3.8) is 0 Å². The summed E-state index contributed by atoms with van der Waals surface area (Å²) in [6, 6.07) is 8.19. The summed E-state index contributed by atoms with van der Waals surface area (Å²) < 4.78 is 4.17. The van der Waals surface area contributed by atoms with Crippen molar-refractivity contribution in [2.24, 2.45) is 7.05 Å². The van der Waals surface area contributed by atoms with E-state index >= 15 is 0 Å². The molecule has 0 bridgehead atoms. The highest BCUT2D eigenvalue weighted by Crippen LogP contribution is 2.13. The van der Waals surface area contributed by atoms with E-state index in [-0.39, 0.29) is 30.6 Å². The predicted octanol–water partition coefficient (Wildman–Crippen LogP) is -2.02. The summed E-state index contributed by atoms with van der Waals surface area (Å²) in [7, 11) is 1.99. The zero-order chi connectivity index (χ0) is 10.1. The summed E-state index contributed by atoms with van der Waals surface area (Å²) in [6.07, 6.45) is 0. The molecule has 0 radical (unpaired) electrons. The van der Waals surface area contributed by atoms with Gasteiger partial charge in [-0.2, -0.15) is 0 Å². The van der Waals surface area contributed by atoms with Gasteiger partial charge < -0.3 is 29.1 Å². The zero-order valence-electron chi connectivity index (χ0n) is 8.94.